The van der Waals surface area contributed by atoms with E-state index in [2.05, 4.69) is 10.2 Å². The second kappa shape index (κ2) is 9.63. The van der Waals surface area contributed by atoms with E-state index in [1.807, 2.05) is 30.5 Å². The van der Waals surface area contributed by atoms with E-state index in [4.69, 9.17) is 10.7 Å². The number of benzene rings is 1. The molecule has 8 nitrogen and oxygen atoms in total. The van der Waals surface area contributed by atoms with Gasteiger partial charge in [-0.2, -0.15) is 0 Å². The topological polar surface area (TPSA) is 115 Å². The van der Waals surface area contributed by atoms with Crippen molar-refractivity contribution in [2.75, 3.05) is 29.0 Å². The number of anilines is 3. The minimum atomic E-state index is -0.486. The van der Waals surface area contributed by atoms with Gasteiger partial charge in [-0.05, 0) is 88.3 Å². The number of nitrogens with two attached hydrogens (primary N) is 1. The van der Waals surface area contributed by atoms with Gasteiger partial charge in [0.05, 0.1) is 23.0 Å². The summed E-state index contributed by atoms with van der Waals surface area (Å²) < 4.78 is 1.04. The fourth-order valence-corrected chi connectivity index (χ4v) is 6.08. The molecule has 196 valence electrons. The smallest absolute Gasteiger partial charge is 0.325 e. The number of pyridine rings is 1. The first-order chi connectivity index (χ1) is 17.9. The van der Waals surface area contributed by atoms with Crippen molar-refractivity contribution in [2.24, 2.45) is 10.9 Å². The van der Waals surface area contributed by atoms with Crippen molar-refractivity contribution in [2.45, 2.75) is 81.8 Å². The minimum Gasteiger partial charge on any atom is -0.398 e. The third-order valence-corrected chi connectivity index (χ3v) is 8.70. The molecule has 0 atom stereocenters. The molecule has 2 heterocycles. The molecule has 1 aromatic carbocycles. The number of aromatic nitrogens is 1. The molecule has 37 heavy (non-hydrogen) atoms. The maximum absolute atomic E-state index is 13.3. The van der Waals surface area contributed by atoms with Gasteiger partial charge in [0.2, 0.25) is 5.69 Å². The zero-order chi connectivity index (χ0) is 25.6. The van der Waals surface area contributed by atoms with Crippen LogP contribution in [0.2, 0.25) is 0 Å². The molecule has 4 fully saturated rings. The summed E-state index contributed by atoms with van der Waals surface area (Å²) in [4.78, 5) is 20.4. The van der Waals surface area contributed by atoms with Crippen LogP contribution in [0.4, 0.5) is 17.1 Å². The first-order valence-corrected chi connectivity index (χ1v) is 13.9. The van der Waals surface area contributed by atoms with Crippen molar-refractivity contribution in [3.05, 3.63) is 47.3 Å². The quantitative estimate of drug-likeness (QED) is 0.197. The van der Waals surface area contributed by atoms with E-state index in [0.29, 0.717) is 23.2 Å². The van der Waals surface area contributed by atoms with Gasteiger partial charge in [-0.1, -0.05) is 0 Å². The molecule has 0 spiro atoms. The number of nitrogens with zero attached hydrogens (tertiary/aromatic N) is 3. The van der Waals surface area contributed by atoms with Crippen LogP contribution in [0, 0.1) is 5.92 Å². The number of nitrogen functional groups attached to an aromatic ring is 1. The van der Waals surface area contributed by atoms with Crippen LogP contribution in [0.25, 0.3) is 0 Å². The number of carbonyl (C=O) groups excluding carboxylic acids is 1. The van der Waals surface area contributed by atoms with E-state index in [-0.39, 0.29) is 17.6 Å². The summed E-state index contributed by atoms with van der Waals surface area (Å²) in [6.45, 7) is 1.83. The Balaban J connectivity index is 1.24. The first-order valence-electron chi connectivity index (χ1n) is 13.9. The van der Waals surface area contributed by atoms with Gasteiger partial charge in [0.1, 0.15) is 0 Å². The second-order valence-electron chi connectivity index (χ2n) is 11.5. The molecule has 1 saturated heterocycles. The number of aliphatic hydroxyl groups is 1. The molecule has 1 amide bonds. The van der Waals surface area contributed by atoms with E-state index in [1.165, 1.54) is 0 Å². The Kier molecular flexibility index (Phi) is 6.31. The normalized spacial score (nSPS) is 26.1. The maximum Gasteiger partial charge on any atom is 0.325 e. The molecule has 3 aliphatic carbocycles. The Hall–Kier alpha value is -3.13. The van der Waals surface area contributed by atoms with Crippen LogP contribution in [0.3, 0.4) is 0 Å². The van der Waals surface area contributed by atoms with Crippen LogP contribution in [0.15, 0.2) is 35.3 Å². The van der Waals surface area contributed by atoms with Crippen LogP contribution in [-0.2, 0) is 0 Å². The summed E-state index contributed by atoms with van der Waals surface area (Å²) in [6, 6.07) is 9.35. The summed E-state index contributed by atoms with van der Waals surface area (Å²) in [6.07, 6.45) is 11.8. The highest BCUT2D eigenvalue weighted by molar-refractivity contribution is 6.05. The van der Waals surface area contributed by atoms with Crippen LogP contribution >= 0.6 is 0 Å². The molecule has 1 aliphatic heterocycles. The molecule has 2 aromatic rings. The Morgan fingerprint density at radius 1 is 1.11 bits per heavy atom. The van der Waals surface area contributed by atoms with Crippen molar-refractivity contribution < 1.29 is 19.8 Å². The Morgan fingerprint density at radius 2 is 1.84 bits per heavy atom. The number of rotatable bonds is 7. The van der Waals surface area contributed by atoms with Crippen LogP contribution in [0.5, 0.6) is 0 Å². The first kappa shape index (κ1) is 24.2. The number of amides is 1. The standard InChI is InChI=1S/C29H37N5O3/c30-23-17-27(33-14-1-2-15-33)24(32-28(35)26-5-3-4-25(34(26)37)19-6-7-19)16-20(23)18-31-22-10-12-29(36,13-11-22)21-8-9-21/h3-5,16-19,21-22,30,35-37H,1-2,6-15H2/p+1. The molecular formula is C29H38N5O3+. The van der Waals surface area contributed by atoms with Gasteiger partial charge in [0.15, 0.2) is 0 Å². The second-order valence-corrected chi connectivity index (χ2v) is 11.5. The fraction of sp³-hybridized carbons (Fsp3) is 0.552. The summed E-state index contributed by atoms with van der Waals surface area (Å²) >= 11 is 0. The van der Waals surface area contributed by atoms with Crippen molar-refractivity contribution in [1.29, 1.82) is 0 Å². The SMILES string of the molecule is Nc1cc(N2CCCC2)c(NC(=O)c2cccc(C3CC3)[n+]2O)cc1C=NC1CCC(O)(C2CC2)CC1. The average Bonchev–Trinajstić information content (AvgIpc) is 3.83. The minimum absolute atomic E-state index is 0.174. The lowest BCUT2D eigenvalue weighted by molar-refractivity contribution is -0.910. The summed E-state index contributed by atoms with van der Waals surface area (Å²) in [5.74, 6) is 0.446. The van der Waals surface area contributed by atoms with Gasteiger partial charge >= 0.3 is 11.6 Å². The van der Waals surface area contributed by atoms with Gasteiger partial charge < -0.3 is 21.1 Å². The van der Waals surface area contributed by atoms with Gasteiger partial charge in [-0.15, -0.1) is 0 Å². The number of carbonyl (C=O) groups is 1. The molecule has 0 radical (unpaired) electrons. The highest BCUT2D eigenvalue weighted by atomic mass is 16.5. The van der Waals surface area contributed by atoms with Crippen LogP contribution in [0.1, 0.15) is 91.9 Å². The van der Waals surface area contributed by atoms with Crippen molar-refractivity contribution in [3.63, 3.8) is 0 Å². The van der Waals surface area contributed by atoms with Gasteiger partial charge in [-0.25, -0.2) is 0 Å². The fourth-order valence-electron chi connectivity index (χ4n) is 6.08. The Labute approximate surface area is 218 Å². The number of nitrogens with one attached hydrogen (secondary N) is 1. The molecule has 0 bridgehead atoms. The molecule has 5 N–H and O–H groups in total. The maximum atomic E-state index is 13.3. The van der Waals surface area contributed by atoms with Crippen molar-refractivity contribution in [1.82, 2.24) is 0 Å². The lowest BCUT2D eigenvalue weighted by Crippen LogP contribution is -2.43. The molecule has 6 rings (SSSR count). The molecule has 4 aliphatic rings. The molecule has 1 aromatic heterocycles. The van der Waals surface area contributed by atoms with Crippen LogP contribution < -0.4 is 20.7 Å². The molecule has 8 heteroatoms. The van der Waals surface area contributed by atoms with Gasteiger partial charge in [-0.3, -0.25) is 15.0 Å². The Morgan fingerprint density at radius 3 is 2.51 bits per heavy atom. The Bertz CT molecular complexity index is 1210. The molecule has 0 unspecified atom stereocenters. The highest BCUT2D eigenvalue weighted by Gasteiger charge is 2.45. The third kappa shape index (κ3) is 5.04. The lowest BCUT2D eigenvalue weighted by Gasteiger charge is -2.35. The monoisotopic (exact) mass is 504 g/mol. The van der Waals surface area contributed by atoms with Crippen molar-refractivity contribution in [3.8, 4) is 0 Å². The molecule has 3 saturated carbocycles. The van der Waals surface area contributed by atoms with E-state index < -0.39 is 5.60 Å². The zero-order valence-electron chi connectivity index (χ0n) is 21.4. The number of hydrogen-bond acceptors (Lipinski definition) is 6. The van der Waals surface area contributed by atoms with Crippen molar-refractivity contribution >= 4 is 29.2 Å². The average molecular weight is 505 g/mol. The third-order valence-electron chi connectivity index (χ3n) is 8.70. The number of hydrogen-bond donors (Lipinski definition) is 4. The lowest BCUT2D eigenvalue weighted by atomic mass is 9.79. The largest absolute Gasteiger partial charge is 0.398 e. The predicted molar refractivity (Wildman–Crippen MR) is 144 cm³/mol. The zero-order valence-corrected chi connectivity index (χ0v) is 21.4. The summed E-state index contributed by atoms with van der Waals surface area (Å²) in [5, 5.41) is 24.6. The summed E-state index contributed by atoms with van der Waals surface area (Å²) in [7, 11) is 0. The predicted octanol–water partition coefficient (Wildman–Crippen LogP) is 4.03. The van der Waals surface area contributed by atoms with E-state index in [0.717, 1.165) is 99.0 Å². The van der Waals surface area contributed by atoms with Gasteiger partial charge in [0.25, 0.3) is 0 Å². The van der Waals surface area contributed by atoms with Crippen LogP contribution in [-0.4, -0.2) is 47.2 Å². The summed E-state index contributed by atoms with van der Waals surface area (Å²) in [5.41, 5.74) is 9.95. The van der Waals surface area contributed by atoms with E-state index >= 15 is 0 Å². The number of aliphatic imine (C=N–C) groups is 1. The van der Waals surface area contributed by atoms with E-state index in [1.54, 1.807) is 6.07 Å². The highest BCUT2D eigenvalue weighted by Crippen LogP contribution is 2.47. The van der Waals surface area contributed by atoms with E-state index in [9.17, 15) is 15.1 Å². The molecular weight excluding hydrogens is 466 g/mol. The van der Waals surface area contributed by atoms with Gasteiger partial charge in [0, 0.05) is 53.3 Å².